The molecular weight excluding hydrogens is 424 g/mol. The van der Waals surface area contributed by atoms with Crippen LogP contribution in [0.4, 0.5) is 5.69 Å². The predicted octanol–water partition coefficient (Wildman–Crippen LogP) is 3.77. The lowest BCUT2D eigenvalue weighted by atomic mass is 10.1. The van der Waals surface area contributed by atoms with Crippen LogP contribution in [-0.2, 0) is 20.9 Å². The molecule has 1 saturated heterocycles. The molecular formula is C24H24N4O3S. The van der Waals surface area contributed by atoms with Crippen molar-refractivity contribution < 1.29 is 14.3 Å². The van der Waals surface area contributed by atoms with Crippen LogP contribution in [0.2, 0.25) is 0 Å². The number of carbonyl (C=O) groups excluding carboxylic acids is 2. The van der Waals surface area contributed by atoms with Gasteiger partial charge in [0.2, 0.25) is 5.91 Å². The smallest absolute Gasteiger partial charge is 0.266 e. The van der Waals surface area contributed by atoms with Crippen LogP contribution in [0.15, 0.2) is 70.7 Å². The first-order valence-corrected chi connectivity index (χ1v) is 11.1. The number of fused-ring (bicyclic) bond motifs is 1. The number of carbonyl (C=O) groups is 2. The lowest BCUT2D eigenvalue weighted by Gasteiger charge is -2.15. The summed E-state index contributed by atoms with van der Waals surface area (Å²) in [4.78, 5) is 31.7. The van der Waals surface area contributed by atoms with Gasteiger partial charge in [-0.15, -0.1) is 0 Å². The van der Waals surface area contributed by atoms with E-state index in [0.29, 0.717) is 29.6 Å². The first-order valence-electron chi connectivity index (χ1n) is 10.3. The van der Waals surface area contributed by atoms with Gasteiger partial charge in [-0.05, 0) is 42.5 Å². The highest BCUT2D eigenvalue weighted by molar-refractivity contribution is 8.18. The van der Waals surface area contributed by atoms with Gasteiger partial charge in [-0.2, -0.15) is 0 Å². The standard InChI is InChI=1S/C24H24N4O3S/c1-31-13-7-12-28-23(30)21(32-24(28)26-18-8-3-2-4-9-18)14-17-15-27(16-22(25)29)20-11-6-5-10-19(17)20/h2-6,8-11,14-15H,7,12-13,16H2,1H3,(H2,25,29)/b21-14-,26-24?. The second-order valence-electron chi connectivity index (χ2n) is 7.34. The van der Waals surface area contributed by atoms with E-state index in [4.69, 9.17) is 15.5 Å². The Morgan fingerprint density at radius 3 is 2.66 bits per heavy atom. The minimum absolute atomic E-state index is 0.0780. The Hall–Kier alpha value is -3.36. The number of primary amides is 1. The number of hydrogen-bond donors (Lipinski definition) is 1. The zero-order valence-corrected chi connectivity index (χ0v) is 18.5. The highest BCUT2D eigenvalue weighted by Gasteiger charge is 2.33. The number of amides is 2. The normalized spacial score (nSPS) is 16.5. The first-order chi connectivity index (χ1) is 15.6. The minimum Gasteiger partial charge on any atom is -0.385 e. The van der Waals surface area contributed by atoms with Gasteiger partial charge in [0.25, 0.3) is 5.91 Å². The number of para-hydroxylation sites is 2. The molecule has 1 fully saturated rings. The molecule has 0 bridgehead atoms. The topological polar surface area (TPSA) is 89.9 Å². The summed E-state index contributed by atoms with van der Waals surface area (Å²) in [6.45, 7) is 1.16. The maximum atomic E-state index is 13.3. The third-order valence-electron chi connectivity index (χ3n) is 5.03. The van der Waals surface area contributed by atoms with Crippen LogP contribution in [0.25, 0.3) is 17.0 Å². The molecule has 32 heavy (non-hydrogen) atoms. The zero-order valence-electron chi connectivity index (χ0n) is 17.7. The summed E-state index contributed by atoms with van der Waals surface area (Å²) in [5, 5.41) is 1.60. The predicted molar refractivity (Wildman–Crippen MR) is 128 cm³/mol. The van der Waals surface area contributed by atoms with E-state index in [1.807, 2.05) is 71.4 Å². The Bertz CT molecular complexity index is 1200. The molecule has 0 unspecified atom stereocenters. The monoisotopic (exact) mass is 448 g/mol. The molecule has 2 amide bonds. The second kappa shape index (κ2) is 9.84. The van der Waals surface area contributed by atoms with E-state index < -0.39 is 5.91 Å². The molecule has 164 valence electrons. The van der Waals surface area contributed by atoms with Crippen LogP contribution in [0.3, 0.4) is 0 Å². The number of aromatic nitrogens is 1. The molecule has 2 aromatic carbocycles. The van der Waals surface area contributed by atoms with Gasteiger partial charge in [0.1, 0.15) is 6.54 Å². The van der Waals surface area contributed by atoms with E-state index in [0.717, 1.165) is 22.2 Å². The van der Waals surface area contributed by atoms with Gasteiger partial charge in [0, 0.05) is 42.9 Å². The highest BCUT2D eigenvalue weighted by Crippen LogP contribution is 2.35. The van der Waals surface area contributed by atoms with Gasteiger partial charge in [0.05, 0.1) is 10.6 Å². The summed E-state index contributed by atoms with van der Waals surface area (Å²) in [5.41, 5.74) is 7.95. The molecule has 0 radical (unpaired) electrons. The quantitative estimate of drug-likeness (QED) is 0.420. The maximum Gasteiger partial charge on any atom is 0.266 e. The molecule has 1 aromatic heterocycles. The number of nitrogens with two attached hydrogens (primary N) is 1. The SMILES string of the molecule is COCCCN1C(=O)/C(=C/c2cn(CC(N)=O)c3ccccc23)SC1=Nc1ccccc1. The Morgan fingerprint density at radius 2 is 1.91 bits per heavy atom. The number of rotatable bonds is 8. The summed E-state index contributed by atoms with van der Waals surface area (Å²) < 4.78 is 6.96. The van der Waals surface area contributed by atoms with Gasteiger partial charge in [0.15, 0.2) is 5.17 Å². The number of nitrogens with zero attached hydrogens (tertiary/aromatic N) is 3. The average molecular weight is 449 g/mol. The Balaban J connectivity index is 1.71. The van der Waals surface area contributed by atoms with E-state index in [1.54, 1.807) is 12.0 Å². The molecule has 8 heteroatoms. The van der Waals surface area contributed by atoms with Crippen LogP contribution in [-0.4, -0.2) is 46.7 Å². The molecule has 1 aliphatic heterocycles. The maximum absolute atomic E-state index is 13.3. The van der Waals surface area contributed by atoms with Crippen molar-refractivity contribution in [1.82, 2.24) is 9.47 Å². The van der Waals surface area contributed by atoms with E-state index in [9.17, 15) is 9.59 Å². The second-order valence-corrected chi connectivity index (χ2v) is 8.35. The van der Waals surface area contributed by atoms with Gasteiger partial charge < -0.3 is 15.0 Å². The van der Waals surface area contributed by atoms with Gasteiger partial charge in [-0.3, -0.25) is 14.5 Å². The molecule has 2 heterocycles. The highest BCUT2D eigenvalue weighted by atomic mass is 32.2. The Kier molecular flexibility index (Phi) is 6.72. The first kappa shape index (κ1) is 21.9. The zero-order chi connectivity index (χ0) is 22.5. The molecule has 0 saturated carbocycles. The molecule has 4 rings (SSSR count). The average Bonchev–Trinajstić information content (AvgIpc) is 3.27. The summed E-state index contributed by atoms with van der Waals surface area (Å²) in [5.74, 6) is -0.509. The minimum atomic E-state index is -0.419. The molecule has 0 spiro atoms. The van der Waals surface area contributed by atoms with Crippen LogP contribution in [0, 0.1) is 0 Å². The van der Waals surface area contributed by atoms with E-state index in [-0.39, 0.29) is 12.5 Å². The third-order valence-corrected chi connectivity index (χ3v) is 6.04. The van der Waals surface area contributed by atoms with Crippen LogP contribution in [0.5, 0.6) is 0 Å². The number of ether oxygens (including phenoxy) is 1. The molecule has 0 atom stereocenters. The third kappa shape index (κ3) is 4.76. The number of aliphatic imine (C=N–C) groups is 1. The summed E-state index contributed by atoms with van der Waals surface area (Å²) in [7, 11) is 1.65. The molecule has 0 aliphatic carbocycles. The number of amidine groups is 1. The summed E-state index contributed by atoms with van der Waals surface area (Å²) >= 11 is 1.35. The fraction of sp³-hybridized carbons (Fsp3) is 0.208. The van der Waals surface area contributed by atoms with Gasteiger partial charge >= 0.3 is 0 Å². The van der Waals surface area contributed by atoms with Crippen molar-refractivity contribution in [1.29, 1.82) is 0 Å². The number of thioether (sulfide) groups is 1. The van der Waals surface area contributed by atoms with Crippen molar-refractivity contribution in [3.8, 4) is 0 Å². The van der Waals surface area contributed by atoms with E-state index in [1.165, 1.54) is 11.8 Å². The van der Waals surface area contributed by atoms with Crippen LogP contribution >= 0.6 is 11.8 Å². The molecule has 2 N–H and O–H groups in total. The summed E-state index contributed by atoms with van der Waals surface area (Å²) in [6.07, 6.45) is 4.43. The number of hydrogen-bond acceptors (Lipinski definition) is 5. The van der Waals surface area contributed by atoms with Crippen LogP contribution < -0.4 is 5.73 Å². The lowest BCUT2D eigenvalue weighted by Crippen LogP contribution is -2.30. The van der Waals surface area contributed by atoms with Crippen molar-refractivity contribution >= 4 is 51.4 Å². The van der Waals surface area contributed by atoms with Gasteiger partial charge in [-0.1, -0.05) is 36.4 Å². The largest absolute Gasteiger partial charge is 0.385 e. The molecule has 7 nitrogen and oxygen atoms in total. The van der Waals surface area contributed by atoms with E-state index >= 15 is 0 Å². The Morgan fingerprint density at radius 1 is 1.16 bits per heavy atom. The van der Waals surface area contributed by atoms with Crippen molar-refractivity contribution in [2.45, 2.75) is 13.0 Å². The molecule has 1 aliphatic rings. The van der Waals surface area contributed by atoms with Crippen molar-refractivity contribution in [3.05, 3.63) is 71.3 Å². The van der Waals surface area contributed by atoms with Crippen molar-refractivity contribution in [3.63, 3.8) is 0 Å². The van der Waals surface area contributed by atoms with Crippen LogP contribution in [0.1, 0.15) is 12.0 Å². The number of methoxy groups -OCH3 is 1. The number of benzene rings is 2. The Labute approximate surface area is 190 Å². The lowest BCUT2D eigenvalue weighted by molar-refractivity contribution is -0.122. The fourth-order valence-corrected chi connectivity index (χ4v) is 4.61. The van der Waals surface area contributed by atoms with Crippen molar-refractivity contribution in [2.75, 3.05) is 20.3 Å². The van der Waals surface area contributed by atoms with E-state index in [2.05, 4.69) is 0 Å². The fourth-order valence-electron chi connectivity index (χ4n) is 3.60. The van der Waals surface area contributed by atoms with Gasteiger partial charge in [-0.25, -0.2) is 4.99 Å². The van der Waals surface area contributed by atoms with Crippen molar-refractivity contribution in [2.24, 2.45) is 10.7 Å². The molecule has 3 aromatic rings. The summed E-state index contributed by atoms with van der Waals surface area (Å²) in [6, 6.07) is 17.3.